The first-order valence-corrected chi connectivity index (χ1v) is 6.22. The molecule has 1 unspecified atom stereocenters. The molecule has 19 heavy (non-hydrogen) atoms. The van der Waals surface area contributed by atoms with E-state index in [1.165, 1.54) is 13.2 Å². The summed E-state index contributed by atoms with van der Waals surface area (Å²) in [5.74, 6) is 0.258. The molecule has 1 aromatic rings. The summed E-state index contributed by atoms with van der Waals surface area (Å²) in [6, 6.07) is 4.55. The molecular weight excluding hydrogens is 246 g/mol. The van der Waals surface area contributed by atoms with E-state index in [1.807, 2.05) is 13.8 Å². The van der Waals surface area contributed by atoms with E-state index in [0.717, 1.165) is 0 Å². The fourth-order valence-corrected chi connectivity index (χ4v) is 1.95. The highest BCUT2D eigenvalue weighted by Gasteiger charge is 2.22. The lowest BCUT2D eigenvalue weighted by Gasteiger charge is -2.28. The predicted molar refractivity (Wildman–Crippen MR) is 72.7 cm³/mol. The van der Waals surface area contributed by atoms with Gasteiger partial charge in [-0.25, -0.2) is 0 Å². The largest absolute Gasteiger partial charge is 0.507 e. The van der Waals surface area contributed by atoms with Gasteiger partial charge in [0.05, 0.1) is 25.3 Å². The monoisotopic (exact) mass is 267 g/mol. The SMILES string of the molecule is CCN(C(=O)c1cc(OC)ccc1O)C(C)COC. The number of rotatable bonds is 6. The second-order valence-electron chi connectivity index (χ2n) is 4.28. The molecule has 0 aliphatic rings. The summed E-state index contributed by atoms with van der Waals surface area (Å²) in [7, 11) is 3.11. The molecule has 0 aliphatic heterocycles. The van der Waals surface area contributed by atoms with Crippen molar-refractivity contribution >= 4 is 5.91 Å². The van der Waals surface area contributed by atoms with Gasteiger partial charge in [0, 0.05) is 13.7 Å². The van der Waals surface area contributed by atoms with Crippen LogP contribution in [0, 0.1) is 0 Å². The predicted octanol–water partition coefficient (Wildman–Crippen LogP) is 1.90. The number of phenolic OH excluding ortho intramolecular Hbond substituents is 1. The van der Waals surface area contributed by atoms with Gasteiger partial charge in [-0.15, -0.1) is 0 Å². The average molecular weight is 267 g/mol. The van der Waals surface area contributed by atoms with Gasteiger partial charge in [-0.1, -0.05) is 0 Å². The van der Waals surface area contributed by atoms with Crippen LogP contribution in [0.25, 0.3) is 0 Å². The maximum absolute atomic E-state index is 12.4. The number of hydrogen-bond donors (Lipinski definition) is 1. The van der Waals surface area contributed by atoms with E-state index in [0.29, 0.717) is 18.9 Å². The van der Waals surface area contributed by atoms with E-state index < -0.39 is 0 Å². The highest BCUT2D eigenvalue weighted by Crippen LogP contribution is 2.24. The van der Waals surface area contributed by atoms with Crippen molar-refractivity contribution in [1.82, 2.24) is 4.90 Å². The van der Waals surface area contributed by atoms with Gasteiger partial charge in [-0.2, -0.15) is 0 Å². The topological polar surface area (TPSA) is 59.0 Å². The molecule has 0 bridgehead atoms. The van der Waals surface area contributed by atoms with Gasteiger partial charge in [0.25, 0.3) is 5.91 Å². The third kappa shape index (κ3) is 3.61. The molecule has 0 radical (unpaired) electrons. The van der Waals surface area contributed by atoms with Gasteiger partial charge in [0.2, 0.25) is 0 Å². The Morgan fingerprint density at radius 3 is 2.63 bits per heavy atom. The molecule has 0 heterocycles. The molecule has 0 aromatic heterocycles. The van der Waals surface area contributed by atoms with Crippen molar-refractivity contribution in [3.63, 3.8) is 0 Å². The Hall–Kier alpha value is -1.75. The van der Waals surface area contributed by atoms with Crippen molar-refractivity contribution in [1.29, 1.82) is 0 Å². The Bertz CT molecular complexity index is 433. The third-order valence-electron chi connectivity index (χ3n) is 2.98. The number of likely N-dealkylation sites (N-methyl/N-ethyl adjacent to an activating group) is 1. The molecular formula is C14H21NO4. The van der Waals surface area contributed by atoms with Crippen molar-refractivity contribution in [2.24, 2.45) is 0 Å². The first-order valence-electron chi connectivity index (χ1n) is 6.22. The van der Waals surface area contributed by atoms with Crippen molar-refractivity contribution in [3.05, 3.63) is 23.8 Å². The molecule has 0 spiro atoms. The van der Waals surface area contributed by atoms with Crippen LogP contribution >= 0.6 is 0 Å². The van der Waals surface area contributed by atoms with Crippen molar-refractivity contribution in [2.75, 3.05) is 27.4 Å². The Balaban J connectivity index is 3.03. The Labute approximate surface area is 113 Å². The van der Waals surface area contributed by atoms with E-state index in [1.54, 1.807) is 24.1 Å². The summed E-state index contributed by atoms with van der Waals surface area (Å²) < 4.78 is 10.1. The normalized spacial score (nSPS) is 12.0. The van der Waals surface area contributed by atoms with Crippen LogP contribution < -0.4 is 4.74 Å². The molecule has 1 amide bonds. The lowest BCUT2D eigenvalue weighted by atomic mass is 10.1. The van der Waals surface area contributed by atoms with Crippen LogP contribution in [0.4, 0.5) is 0 Å². The fraction of sp³-hybridized carbons (Fsp3) is 0.500. The zero-order chi connectivity index (χ0) is 14.4. The number of phenols is 1. The second-order valence-corrected chi connectivity index (χ2v) is 4.28. The maximum Gasteiger partial charge on any atom is 0.258 e. The average Bonchev–Trinajstić information content (AvgIpc) is 2.40. The number of methoxy groups -OCH3 is 2. The van der Waals surface area contributed by atoms with Gasteiger partial charge < -0.3 is 19.5 Å². The first kappa shape index (κ1) is 15.3. The second kappa shape index (κ2) is 6.99. The molecule has 0 saturated heterocycles. The Kier molecular flexibility index (Phi) is 5.63. The van der Waals surface area contributed by atoms with Crippen molar-refractivity contribution < 1.29 is 19.4 Å². The molecule has 1 rings (SSSR count). The lowest BCUT2D eigenvalue weighted by Crippen LogP contribution is -2.40. The van der Waals surface area contributed by atoms with Crippen molar-refractivity contribution in [3.8, 4) is 11.5 Å². The van der Waals surface area contributed by atoms with Crippen LogP contribution in [-0.4, -0.2) is 49.3 Å². The summed E-state index contributed by atoms with van der Waals surface area (Å²) >= 11 is 0. The van der Waals surface area contributed by atoms with E-state index in [-0.39, 0.29) is 23.3 Å². The van der Waals surface area contributed by atoms with E-state index in [4.69, 9.17) is 9.47 Å². The van der Waals surface area contributed by atoms with Gasteiger partial charge in [-0.05, 0) is 32.0 Å². The molecule has 106 valence electrons. The maximum atomic E-state index is 12.4. The molecule has 1 atom stereocenters. The number of amides is 1. The highest BCUT2D eigenvalue weighted by atomic mass is 16.5. The zero-order valence-corrected chi connectivity index (χ0v) is 11.8. The van der Waals surface area contributed by atoms with Crippen LogP contribution in [0.5, 0.6) is 11.5 Å². The molecule has 1 aromatic carbocycles. The number of carbonyl (C=O) groups is 1. The lowest BCUT2D eigenvalue weighted by molar-refractivity contribution is 0.0576. The summed E-state index contributed by atoms with van der Waals surface area (Å²) in [5, 5.41) is 9.82. The van der Waals surface area contributed by atoms with E-state index >= 15 is 0 Å². The molecule has 0 fully saturated rings. The number of ether oxygens (including phenoxy) is 2. The van der Waals surface area contributed by atoms with Gasteiger partial charge in [0.1, 0.15) is 11.5 Å². The minimum Gasteiger partial charge on any atom is -0.507 e. The Morgan fingerprint density at radius 2 is 2.11 bits per heavy atom. The van der Waals surface area contributed by atoms with Crippen LogP contribution in [0.1, 0.15) is 24.2 Å². The number of benzene rings is 1. The first-order chi connectivity index (χ1) is 9.04. The van der Waals surface area contributed by atoms with Crippen LogP contribution in [-0.2, 0) is 4.74 Å². The van der Waals surface area contributed by atoms with Crippen LogP contribution in [0.15, 0.2) is 18.2 Å². The van der Waals surface area contributed by atoms with Crippen molar-refractivity contribution in [2.45, 2.75) is 19.9 Å². The minimum atomic E-state index is -0.233. The smallest absolute Gasteiger partial charge is 0.258 e. The van der Waals surface area contributed by atoms with Gasteiger partial charge >= 0.3 is 0 Å². The summed E-state index contributed by atoms with van der Waals surface area (Å²) in [6.07, 6.45) is 0. The summed E-state index contributed by atoms with van der Waals surface area (Å²) in [6.45, 7) is 4.79. The number of aromatic hydroxyl groups is 1. The quantitative estimate of drug-likeness (QED) is 0.855. The summed E-state index contributed by atoms with van der Waals surface area (Å²) in [4.78, 5) is 14.1. The van der Waals surface area contributed by atoms with Crippen LogP contribution in [0.2, 0.25) is 0 Å². The molecule has 5 heteroatoms. The zero-order valence-electron chi connectivity index (χ0n) is 11.8. The number of hydrogen-bond acceptors (Lipinski definition) is 4. The molecule has 5 nitrogen and oxygen atoms in total. The number of carbonyl (C=O) groups excluding carboxylic acids is 1. The molecule has 0 aliphatic carbocycles. The van der Waals surface area contributed by atoms with Gasteiger partial charge in [-0.3, -0.25) is 4.79 Å². The summed E-state index contributed by atoms with van der Waals surface area (Å²) in [5.41, 5.74) is 0.240. The Morgan fingerprint density at radius 1 is 1.42 bits per heavy atom. The molecule has 0 saturated carbocycles. The van der Waals surface area contributed by atoms with Crippen LogP contribution in [0.3, 0.4) is 0 Å². The standard InChI is InChI=1S/C14H21NO4/c1-5-15(10(2)9-18-3)14(17)12-8-11(19-4)6-7-13(12)16/h6-8,10,16H,5,9H2,1-4H3. The number of nitrogens with zero attached hydrogens (tertiary/aromatic N) is 1. The van der Waals surface area contributed by atoms with E-state index in [9.17, 15) is 9.90 Å². The van der Waals surface area contributed by atoms with Gasteiger partial charge in [0.15, 0.2) is 0 Å². The fourth-order valence-electron chi connectivity index (χ4n) is 1.95. The minimum absolute atomic E-state index is 0.0473. The third-order valence-corrected chi connectivity index (χ3v) is 2.98. The molecule has 1 N–H and O–H groups in total. The highest BCUT2D eigenvalue weighted by molar-refractivity contribution is 5.97. The van der Waals surface area contributed by atoms with E-state index in [2.05, 4.69) is 0 Å².